The molecule has 34 heavy (non-hydrogen) atoms. The minimum atomic E-state index is 0.0345. The summed E-state index contributed by atoms with van der Waals surface area (Å²) in [5.74, 6) is 2.07. The fourth-order valence-corrected chi connectivity index (χ4v) is 5.90. The van der Waals surface area contributed by atoms with Crippen molar-refractivity contribution in [3.05, 3.63) is 42.5 Å². The van der Waals surface area contributed by atoms with Crippen LogP contribution in [0.5, 0.6) is 11.5 Å². The molecule has 0 aliphatic carbocycles. The van der Waals surface area contributed by atoms with E-state index >= 15 is 0 Å². The molecule has 0 radical (unpaired) electrons. The molecular weight excluding hydrogens is 448 g/mol. The lowest BCUT2D eigenvalue weighted by Gasteiger charge is -2.39. The van der Waals surface area contributed by atoms with E-state index in [1.807, 2.05) is 31.2 Å². The van der Waals surface area contributed by atoms with Gasteiger partial charge < -0.3 is 24.2 Å². The van der Waals surface area contributed by atoms with E-state index in [4.69, 9.17) is 14.5 Å². The fourth-order valence-electron chi connectivity index (χ4n) is 4.87. The number of piperidine rings is 1. The first-order valence-corrected chi connectivity index (χ1v) is 12.9. The quantitative estimate of drug-likeness (QED) is 0.525. The maximum absolute atomic E-state index is 13.4. The second-order valence-electron chi connectivity index (χ2n) is 8.85. The summed E-state index contributed by atoms with van der Waals surface area (Å²) in [5.41, 5.74) is 2.17. The van der Waals surface area contributed by atoms with Crippen LogP contribution in [-0.2, 0) is 4.79 Å². The summed E-state index contributed by atoms with van der Waals surface area (Å²) in [6, 6.07) is 14.2. The van der Waals surface area contributed by atoms with Crippen molar-refractivity contribution >= 4 is 38.3 Å². The minimum Gasteiger partial charge on any atom is -0.497 e. The third-order valence-corrected chi connectivity index (χ3v) is 7.81. The lowest BCUT2D eigenvalue weighted by molar-refractivity contribution is -0.136. The number of benzene rings is 2. The highest BCUT2D eigenvalue weighted by atomic mass is 32.1. The summed E-state index contributed by atoms with van der Waals surface area (Å²) in [7, 11) is 1.68. The number of amides is 1. The van der Waals surface area contributed by atoms with Gasteiger partial charge in [-0.1, -0.05) is 11.3 Å². The average Bonchev–Trinajstić information content (AvgIpc) is 3.32. The Hall–Kier alpha value is -3.00. The normalized spacial score (nSPS) is 18.9. The minimum absolute atomic E-state index is 0.0345. The Kier molecular flexibility index (Phi) is 6.76. The van der Waals surface area contributed by atoms with E-state index in [1.54, 1.807) is 18.4 Å². The number of carbonyl (C=O) groups excluding carboxylic acids is 1. The van der Waals surface area contributed by atoms with Crippen LogP contribution in [0.2, 0.25) is 0 Å². The van der Waals surface area contributed by atoms with Gasteiger partial charge in [-0.3, -0.25) is 4.79 Å². The molecule has 180 valence electrons. The number of fused-ring (bicyclic) bond motifs is 1. The van der Waals surface area contributed by atoms with Crippen molar-refractivity contribution in [3.63, 3.8) is 0 Å². The maximum Gasteiger partial charge on any atom is 0.227 e. The predicted molar refractivity (Wildman–Crippen MR) is 138 cm³/mol. The zero-order chi connectivity index (χ0) is 23.5. The van der Waals surface area contributed by atoms with Crippen LogP contribution in [0.15, 0.2) is 42.5 Å². The van der Waals surface area contributed by atoms with Crippen molar-refractivity contribution in [1.82, 2.24) is 9.88 Å². The van der Waals surface area contributed by atoms with Gasteiger partial charge in [-0.05, 0) is 62.2 Å². The van der Waals surface area contributed by atoms with Crippen LogP contribution in [0.3, 0.4) is 0 Å². The molecule has 0 unspecified atom stereocenters. The Labute approximate surface area is 204 Å². The molecule has 0 saturated carbocycles. The number of piperazine rings is 1. The number of methoxy groups -OCH3 is 1. The predicted octanol–water partition coefficient (Wildman–Crippen LogP) is 4.27. The van der Waals surface area contributed by atoms with Gasteiger partial charge in [-0.2, -0.15) is 0 Å². The van der Waals surface area contributed by atoms with Crippen LogP contribution in [0.4, 0.5) is 10.8 Å². The topological polar surface area (TPSA) is 58.1 Å². The molecule has 3 heterocycles. The highest BCUT2D eigenvalue weighted by molar-refractivity contribution is 7.22. The lowest BCUT2D eigenvalue weighted by atomic mass is 9.96. The summed E-state index contributed by atoms with van der Waals surface area (Å²) in [6.45, 7) is 7.59. The first kappa shape index (κ1) is 22.8. The fraction of sp³-hybridized carbons (Fsp3) is 0.462. The van der Waals surface area contributed by atoms with Crippen LogP contribution < -0.4 is 19.3 Å². The Morgan fingerprint density at radius 2 is 1.79 bits per heavy atom. The molecule has 2 aliphatic rings. The number of carbonyl (C=O) groups is 1. The summed E-state index contributed by atoms with van der Waals surface area (Å²) < 4.78 is 12.0. The van der Waals surface area contributed by atoms with Gasteiger partial charge in [-0.15, -0.1) is 0 Å². The van der Waals surface area contributed by atoms with E-state index in [0.29, 0.717) is 12.5 Å². The molecule has 0 bridgehead atoms. The maximum atomic E-state index is 13.4. The van der Waals surface area contributed by atoms with Gasteiger partial charge in [0.05, 0.1) is 29.9 Å². The molecule has 7 nitrogen and oxygen atoms in total. The van der Waals surface area contributed by atoms with Gasteiger partial charge >= 0.3 is 0 Å². The van der Waals surface area contributed by atoms with Gasteiger partial charge in [0.2, 0.25) is 5.91 Å². The van der Waals surface area contributed by atoms with E-state index in [9.17, 15) is 4.79 Å². The van der Waals surface area contributed by atoms with Crippen molar-refractivity contribution in [3.8, 4) is 11.5 Å². The second kappa shape index (κ2) is 10.1. The van der Waals surface area contributed by atoms with Crippen molar-refractivity contribution in [2.24, 2.45) is 5.92 Å². The van der Waals surface area contributed by atoms with Gasteiger partial charge in [0.1, 0.15) is 11.5 Å². The Morgan fingerprint density at radius 1 is 1.03 bits per heavy atom. The van der Waals surface area contributed by atoms with E-state index in [1.165, 1.54) is 5.69 Å². The van der Waals surface area contributed by atoms with Crippen LogP contribution in [0.1, 0.15) is 19.8 Å². The van der Waals surface area contributed by atoms with Gasteiger partial charge in [0.15, 0.2) is 5.13 Å². The van der Waals surface area contributed by atoms with Crippen molar-refractivity contribution in [2.45, 2.75) is 19.8 Å². The molecule has 2 fully saturated rings. The van der Waals surface area contributed by atoms with Crippen LogP contribution in [0.25, 0.3) is 10.2 Å². The zero-order valence-corrected chi connectivity index (χ0v) is 20.7. The largest absolute Gasteiger partial charge is 0.497 e. The summed E-state index contributed by atoms with van der Waals surface area (Å²) in [6.07, 6.45) is 1.97. The van der Waals surface area contributed by atoms with Crippen LogP contribution in [0, 0.1) is 5.92 Å². The van der Waals surface area contributed by atoms with Gasteiger partial charge in [-0.25, -0.2) is 4.98 Å². The molecular formula is C26H32N4O3S. The van der Waals surface area contributed by atoms with Gasteiger partial charge in [0, 0.05) is 45.0 Å². The van der Waals surface area contributed by atoms with E-state index in [-0.39, 0.29) is 5.92 Å². The molecule has 3 aromatic rings. The van der Waals surface area contributed by atoms with Gasteiger partial charge in [0.25, 0.3) is 0 Å². The molecule has 8 heteroatoms. The highest BCUT2D eigenvalue weighted by Gasteiger charge is 2.32. The number of aromatic nitrogens is 1. The van der Waals surface area contributed by atoms with Crippen molar-refractivity contribution < 1.29 is 14.3 Å². The summed E-state index contributed by atoms with van der Waals surface area (Å²) in [5, 5.41) is 1.01. The molecule has 2 saturated heterocycles. The molecule has 2 aliphatic heterocycles. The second-order valence-corrected chi connectivity index (χ2v) is 9.86. The standard InChI is InChI=1S/C26H32N4O3S/c1-3-33-22-10-11-23-24(17-22)34-26(27-23)30-12-4-5-19(18-30)25(31)29-15-13-28(14-16-29)20-6-8-21(32-2)9-7-20/h6-11,17,19H,3-5,12-16,18H2,1-2H3/t19-/m1/s1. The van der Waals surface area contributed by atoms with E-state index < -0.39 is 0 Å². The Morgan fingerprint density at radius 3 is 2.53 bits per heavy atom. The Bertz CT molecular complexity index is 1120. The third-order valence-electron chi connectivity index (χ3n) is 6.73. The zero-order valence-electron chi connectivity index (χ0n) is 19.9. The van der Waals surface area contributed by atoms with E-state index in [2.05, 4.69) is 32.9 Å². The van der Waals surface area contributed by atoms with Crippen LogP contribution >= 0.6 is 11.3 Å². The molecule has 2 aromatic carbocycles. The van der Waals surface area contributed by atoms with E-state index in [0.717, 1.165) is 79.0 Å². The summed E-state index contributed by atoms with van der Waals surface area (Å²) >= 11 is 1.69. The summed E-state index contributed by atoms with van der Waals surface area (Å²) in [4.78, 5) is 24.9. The number of hydrogen-bond donors (Lipinski definition) is 0. The first-order chi connectivity index (χ1) is 16.6. The number of nitrogens with zero attached hydrogens (tertiary/aromatic N) is 4. The molecule has 1 aromatic heterocycles. The van der Waals surface area contributed by atoms with Crippen LogP contribution in [-0.4, -0.2) is 68.8 Å². The molecule has 0 spiro atoms. The number of hydrogen-bond acceptors (Lipinski definition) is 7. The number of anilines is 2. The lowest BCUT2D eigenvalue weighted by Crippen LogP contribution is -2.52. The molecule has 0 N–H and O–H groups in total. The number of rotatable bonds is 6. The monoisotopic (exact) mass is 480 g/mol. The van der Waals surface area contributed by atoms with Crippen molar-refractivity contribution in [1.29, 1.82) is 0 Å². The molecule has 1 amide bonds. The third kappa shape index (κ3) is 4.78. The first-order valence-electron chi connectivity index (χ1n) is 12.1. The number of ether oxygens (including phenoxy) is 2. The van der Waals surface area contributed by atoms with Crippen molar-refractivity contribution in [2.75, 3.05) is 62.8 Å². The Balaban J connectivity index is 1.20. The molecule has 1 atom stereocenters. The molecule has 5 rings (SSSR count). The average molecular weight is 481 g/mol. The SMILES string of the molecule is CCOc1ccc2nc(N3CCC[C@@H](C(=O)N4CCN(c5ccc(OC)cc5)CC4)C3)sc2c1. The number of thiazole rings is 1. The smallest absolute Gasteiger partial charge is 0.227 e. The highest BCUT2D eigenvalue weighted by Crippen LogP contribution is 2.34.